The molecule has 2 saturated heterocycles. The van der Waals surface area contributed by atoms with Crippen LogP contribution in [0.1, 0.15) is 32.6 Å². The molecule has 0 aromatic heterocycles. The maximum absolute atomic E-state index is 14.2. The molecule has 0 amide bonds. The Morgan fingerprint density at radius 2 is 2.06 bits per heavy atom. The van der Waals surface area contributed by atoms with E-state index < -0.39 is 5.67 Å². The van der Waals surface area contributed by atoms with Crippen molar-refractivity contribution < 1.29 is 13.9 Å². The van der Waals surface area contributed by atoms with Gasteiger partial charge in [-0.05, 0) is 38.5 Å². The minimum Gasteiger partial charge on any atom is -0.381 e. The highest BCUT2D eigenvalue weighted by Crippen LogP contribution is 2.41. The molecule has 0 aliphatic carbocycles. The van der Waals surface area contributed by atoms with Gasteiger partial charge in [0, 0.05) is 26.4 Å². The van der Waals surface area contributed by atoms with Gasteiger partial charge < -0.3 is 15.2 Å². The number of hydrogen-bond donors (Lipinski definition) is 1. The van der Waals surface area contributed by atoms with Crippen molar-refractivity contribution in [3.63, 3.8) is 0 Å². The monoisotopic (exact) mass is 231 g/mol. The van der Waals surface area contributed by atoms with Crippen LogP contribution in [0.25, 0.3) is 0 Å². The van der Waals surface area contributed by atoms with Gasteiger partial charge in [-0.3, -0.25) is 0 Å². The van der Waals surface area contributed by atoms with E-state index in [0.717, 1.165) is 38.9 Å². The first kappa shape index (κ1) is 12.3. The van der Waals surface area contributed by atoms with Crippen molar-refractivity contribution in [2.24, 2.45) is 11.7 Å². The lowest BCUT2D eigenvalue weighted by atomic mass is 9.74. The molecule has 16 heavy (non-hydrogen) atoms. The molecule has 0 aromatic carbocycles. The summed E-state index contributed by atoms with van der Waals surface area (Å²) < 4.78 is 25.5. The van der Waals surface area contributed by atoms with Crippen LogP contribution in [0.5, 0.6) is 0 Å². The van der Waals surface area contributed by atoms with Crippen LogP contribution in [0, 0.1) is 5.92 Å². The molecule has 3 nitrogen and oxygen atoms in total. The summed E-state index contributed by atoms with van der Waals surface area (Å²) in [5.41, 5.74) is 4.12. The van der Waals surface area contributed by atoms with Crippen molar-refractivity contribution in [3.8, 4) is 0 Å². The fourth-order valence-electron chi connectivity index (χ4n) is 2.80. The van der Waals surface area contributed by atoms with Crippen LogP contribution in [-0.4, -0.2) is 37.6 Å². The van der Waals surface area contributed by atoms with Gasteiger partial charge in [0.25, 0.3) is 0 Å². The third kappa shape index (κ3) is 2.39. The van der Waals surface area contributed by atoms with Gasteiger partial charge in [-0.2, -0.15) is 0 Å². The third-order valence-corrected chi connectivity index (χ3v) is 4.15. The number of ether oxygens (including phenoxy) is 2. The maximum Gasteiger partial charge on any atom is 0.123 e. The molecule has 4 heteroatoms. The van der Waals surface area contributed by atoms with E-state index in [4.69, 9.17) is 15.2 Å². The molecule has 2 aliphatic heterocycles. The van der Waals surface area contributed by atoms with Gasteiger partial charge >= 0.3 is 0 Å². The molecule has 0 bridgehead atoms. The second kappa shape index (κ2) is 4.59. The van der Waals surface area contributed by atoms with Crippen molar-refractivity contribution in [2.75, 3.05) is 26.4 Å². The molecule has 2 atom stereocenters. The zero-order chi connectivity index (χ0) is 11.6. The summed E-state index contributed by atoms with van der Waals surface area (Å²) in [5, 5.41) is 0. The highest BCUT2D eigenvalue weighted by atomic mass is 19.1. The molecule has 0 aromatic rings. The van der Waals surface area contributed by atoms with Crippen molar-refractivity contribution in [1.29, 1.82) is 0 Å². The molecule has 1 spiro atoms. The summed E-state index contributed by atoms with van der Waals surface area (Å²) >= 11 is 0. The summed E-state index contributed by atoms with van der Waals surface area (Å²) in [7, 11) is 0. The molecule has 2 aliphatic rings. The first-order chi connectivity index (χ1) is 7.58. The van der Waals surface area contributed by atoms with Crippen LogP contribution < -0.4 is 5.73 Å². The van der Waals surface area contributed by atoms with Crippen LogP contribution in [0.3, 0.4) is 0 Å². The Morgan fingerprint density at radius 1 is 1.38 bits per heavy atom. The van der Waals surface area contributed by atoms with Gasteiger partial charge in [0.15, 0.2) is 0 Å². The van der Waals surface area contributed by atoms with Crippen molar-refractivity contribution >= 4 is 0 Å². The van der Waals surface area contributed by atoms with Crippen LogP contribution in [-0.2, 0) is 9.47 Å². The quantitative estimate of drug-likeness (QED) is 0.786. The van der Waals surface area contributed by atoms with E-state index in [1.807, 2.05) is 0 Å². The van der Waals surface area contributed by atoms with Crippen LogP contribution in [0.4, 0.5) is 4.39 Å². The van der Waals surface area contributed by atoms with Crippen LogP contribution in [0.2, 0.25) is 0 Å². The fraction of sp³-hybridized carbons (Fsp3) is 1.00. The molecule has 2 fully saturated rings. The average Bonchev–Trinajstić information content (AvgIpc) is 2.30. The van der Waals surface area contributed by atoms with Gasteiger partial charge in [-0.1, -0.05) is 0 Å². The summed E-state index contributed by atoms with van der Waals surface area (Å²) in [4.78, 5) is 0. The van der Waals surface area contributed by atoms with E-state index in [2.05, 4.69) is 0 Å². The third-order valence-electron chi connectivity index (χ3n) is 4.15. The lowest BCUT2D eigenvalue weighted by Crippen LogP contribution is -2.50. The van der Waals surface area contributed by atoms with Crippen molar-refractivity contribution in [2.45, 2.75) is 43.9 Å². The lowest BCUT2D eigenvalue weighted by molar-refractivity contribution is -0.161. The Balaban J connectivity index is 2.03. The molecule has 2 heterocycles. The van der Waals surface area contributed by atoms with E-state index in [9.17, 15) is 4.39 Å². The maximum atomic E-state index is 14.2. The van der Waals surface area contributed by atoms with Gasteiger partial charge in [0.1, 0.15) is 5.67 Å². The zero-order valence-electron chi connectivity index (χ0n) is 10.0. The molecule has 2 rings (SSSR count). The zero-order valence-corrected chi connectivity index (χ0v) is 10.0. The summed E-state index contributed by atoms with van der Waals surface area (Å²) in [5.74, 6) is 0.0318. The van der Waals surface area contributed by atoms with Crippen LogP contribution in [0.15, 0.2) is 0 Å². The van der Waals surface area contributed by atoms with E-state index >= 15 is 0 Å². The summed E-state index contributed by atoms with van der Waals surface area (Å²) in [6.07, 6.45) is 3.36. The van der Waals surface area contributed by atoms with Gasteiger partial charge in [0.2, 0.25) is 0 Å². The smallest absolute Gasteiger partial charge is 0.123 e. The molecule has 94 valence electrons. The Labute approximate surface area is 96.5 Å². The van der Waals surface area contributed by atoms with E-state index in [0.29, 0.717) is 6.61 Å². The summed E-state index contributed by atoms with van der Waals surface area (Å²) in [6.45, 7) is 3.85. The minimum absolute atomic E-state index is 0.0318. The number of halogens is 1. The Morgan fingerprint density at radius 3 is 2.69 bits per heavy atom. The standard InChI is InChI=1S/C12H22FNO2/c1-11(13,9-14)10-2-5-16-12(8-10)3-6-15-7-4-12/h10H,2-9,14H2,1H3. The molecular formula is C12H22FNO2. The summed E-state index contributed by atoms with van der Waals surface area (Å²) in [6, 6.07) is 0. The molecule has 0 radical (unpaired) electrons. The number of rotatable bonds is 2. The molecule has 0 saturated carbocycles. The van der Waals surface area contributed by atoms with Crippen LogP contribution >= 0.6 is 0 Å². The second-order valence-electron chi connectivity index (χ2n) is 5.32. The first-order valence-corrected chi connectivity index (χ1v) is 6.19. The second-order valence-corrected chi connectivity index (χ2v) is 5.32. The predicted molar refractivity (Wildman–Crippen MR) is 60.0 cm³/mol. The van der Waals surface area contributed by atoms with E-state index in [-0.39, 0.29) is 18.1 Å². The normalized spacial score (nSPS) is 33.6. The average molecular weight is 231 g/mol. The van der Waals surface area contributed by atoms with E-state index in [1.54, 1.807) is 6.92 Å². The fourth-order valence-corrected chi connectivity index (χ4v) is 2.80. The highest BCUT2D eigenvalue weighted by Gasteiger charge is 2.45. The van der Waals surface area contributed by atoms with Gasteiger partial charge in [-0.25, -0.2) is 4.39 Å². The number of nitrogens with two attached hydrogens (primary N) is 1. The lowest BCUT2D eigenvalue weighted by Gasteiger charge is -2.46. The van der Waals surface area contributed by atoms with Gasteiger partial charge in [0.05, 0.1) is 5.60 Å². The highest BCUT2D eigenvalue weighted by molar-refractivity contribution is 4.95. The molecule has 2 unspecified atom stereocenters. The van der Waals surface area contributed by atoms with E-state index in [1.165, 1.54) is 0 Å². The van der Waals surface area contributed by atoms with Crippen molar-refractivity contribution in [1.82, 2.24) is 0 Å². The topological polar surface area (TPSA) is 44.5 Å². The molecular weight excluding hydrogens is 209 g/mol. The largest absolute Gasteiger partial charge is 0.381 e. The molecule has 2 N–H and O–H groups in total. The Kier molecular flexibility index (Phi) is 3.52. The first-order valence-electron chi connectivity index (χ1n) is 6.19. The SMILES string of the molecule is CC(F)(CN)C1CCOC2(CCOCC2)C1. The Hall–Kier alpha value is -0.190. The Bertz CT molecular complexity index is 234. The predicted octanol–water partition coefficient (Wildman–Crippen LogP) is 1.65. The van der Waals surface area contributed by atoms with Crippen molar-refractivity contribution in [3.05, 3.63) is 0 Å². The number of alkyl halides is 1. The number of hydrogen-bond acceptors (Lipinski definition) is 3. The van der Waals surface area contributed by atoms with Gasteiger partial charge in [-0.15, -0.1) is 0 Å². The minimum atomic E-state index is -1.25.